The van der Waals surface area contributed by atoms with Crippen LogP contribution in [0.1, 0.15) is 22.4 Å². The quantitative estimate of drug-likeness (QED) is 0.852. The summed E-state index contributed by atoms with van der Waals surface area (Å²) in [6.45, 7) is 5.63. The summed E-state index contributed by atoms with van der Waals surface area (Å²) >= 11 is 1.49. The Balaban J connectivity index is 2.10. The lowest BCUT2D eigenvalue weighted by Crippen LogP contribution is -2.32. The van der Waals surface area contributed by atoms with Crippen molar-refractivity contribution >= 4 is 23.2 Å². The molecule has 2 N–H and O–H groups in total. The molecule has 2 aromatic rings. The van der Waals surface area contributed by atoms with E-state index in [1.165, 1.54) is 16.9 Å². The molecule has 1 heterocycles. The average molecular weight is 332 g/mol. The van der Waals surface area contributed by atoms with Crippen LogP contribution in [0.4, 0.5) is 0 Å². The molecule has 0 aliphatic heterocycles. The first-order valence-electron chi connectivity index (χ1n) is 7.39. The van der Waals surface area contributed by atoms with Crippen LogP contribution < -0.4 is 5.32 Å². The molecule has 1 aromatic carbocycles. The summed E-state index contributed by atoms with van der Waals surface area (Å²) in [5.41, 5.74) is 2.98. The number of nitrogens with zero attached hydrogens (tertiary/aromatic N) is 1. The summed E-state index contributed by atoms with van der Waals surface area (Å²) in [6.07, 6.45) is 0.209. The summed E-state index contributed by atoms with van der Waals surface area (Å²) in [5.74, 6) is -1.70. The van der Waals surface area contributed by atoms with Crippen LogP contribution in [0.2, 0.25) is 0 Å². The minimum absolute atomic E-state index is 0.131. The molecule has 0 fully saturated rings. The molecule has 1 aromatic heterocycles. The van der Waals surface area contributed by atoms with E-state index in [4.69, 9.17) is 5.11 Å². The second-order valence-electron chi connectivity index (χ2n) is 5.59. The van der Waals surface area contributed by atoms with E-state index in [0.29, 0.717) is 0 Å². The maximum absolute atomic E-state index is 12.1. The fourth-order valence-corrected chi connectivity index (χ4v) is 3.05. The lowest BCUT2D eigenvalue weighted by molar-refractivity contribution is -0.141. The number of aliphatic carboxylic acids is 1. The minimum atomic E-state index is -0.917. The van der Waals surface area contributed by atoms with Crippen molar-refractivity contribution in [2.75, 3.05) is 6.54 Å². The Morgan fingerprint density at radius 1 is 1.26 bits per heavy atom. The van der Waals surface area contributed by atoms with Crippen LogP contribution in [0.15, 0.2) is 24.3 Å². The highest BCUT2D eigenvalue weighted by molar-refractivity contribution is 7.12. The smallest absolute Gasteiger partial charge is 0.308 e. The molecule has 23 heavy (non-hydrogen) atoms. The van der Waals surface area contributed by atoms with E-state index >= 15 is 0 Å². The van der Waals surface area contributed by atoms with E-state index in [2.05, 4.69) is 10.3 Å². The third-order valence-corrected chi connectivity index (χ3v) is 4.45. The molecule has 122 valence electrons. The zero-order valence-corrected chi connectivity index (χ0v) is 14.2. The predicted octanol–water partition coefficient (Wildman–Crippen LogP) is 2.81. The number of aromatic nitrogens is 1. The number of carbonyl (C=O) groups excluding carboxylic acids is 1. The maximum Gasteiger partial charge on any atom is 0.308 e. The van der Waals surface area contributed by atoms with Crippen molar-refractivity contribution in [1.29, 1.82) is 0 Å². The molecule has 6 heteroatoms. The van der Waals surface area contributed by atoms with E-state index in [1.807, 2.05) is 38.1 Å². The summed E-state index contributed by atoms with van der Waals surface area (Å²) < 4.78 is 0. The second kappa shape index (κ2) is 7.37. The van der Waals surface area contributed by atoms with Crippen molar-refractivity contribution in [3.63, 3.8) is 0 Å². The van der Waals surface area contributed by atoms with Crippen molar-refractivity contribution in [3.05, 3.63) is 39.7 Å². The molecule has 1 amide bonds. The van der Waals surface area contributed by atoms with Gasteiger partial charge in [-0.15, -0.1) is 11.3 Å². The fourth-order valence-electron chi connectivity index (χ4n) is 2.09. The normalized spacial score (nSPS) is 12.0. The highest BCUT2D eigenvalue weighted by Crippen LogP contribution is 2.28. The van der Waals surface area contributed by atoms with Crippen LogP contribution in [-0.4, -0.2) is 28.5 Å². The molecule has 0 radical (unpaired) electrons. The van der Waals surface area contributed by atoms with Crippen molar-refractivity contribution in [3.8, 4) is 11.3 Å². The van der Waals surface area contributed by atoms with E-state index in [-0.39, 0.29) is 18.9 Å². The van der Waals surface area contributed by atoms with Crippen LogP contribution >= 0.6 is 11.3 Å². The topological polar surface area (TPSA) is 79.3 Å². The predicted molar refractivity (Wildman–Crippen MR) is 90.5 cm³/mol. The number of thiazole rings is 1. The first-order valence-corrected chi connectivity index (χ1v) is 8.21. The molecule has 5 nitrogen and oxygen atoms in total. The zero-order valence-electron chi connectivity index (χ0n) is 13.4. The van der Waals surface area contributed by atoms with Crippen molar-refractivity contribution in [2.45, 2.75) is 27.2 Å². The molecule has 0 aliphatic rings. The Bertz CT molecular complexity index is 707. The Morgan fingerprint density at radius 2 is 1.91 bits per heavy atom. The van der Waals surface area contributed by atoms with Gasteiger partial charge in [0.05, 0.1) is 23.0 Å². The van der Waals surface area contributed by atoms with Gasteiger partial charge in [0.15, 0.2) is 0 Å². The molecule has 2 rings (SSSR count). The van der Waals surface area contributed by atoms with Crippen LogP contribution in [0.25, 0.3) is 11.3 Å². The molecule has 0 unspecified atom stereocenters. The lowest BCUT2D eigenvalue weighted by atomic mass is 10.1. The number of rotatable bonds is 6. The van der Waals surface area contributed by atoms with E-state index < -0.39 is 11.9 Å². The molecular formula is C17H20N2O3S. The molecule has 1 atom stereocenters. The van der Waals surface area contributed by atoms with Gasteiger partial charge in [-0.2, -0.15) is 0 Å². The van der Waals surface area contributed by atoms with Crippen LogP contribution in [0, 0.1) is 19.8 Å². The number of hydrogen-bond acceptors (Lipinski definition) is 4. The summed E-state index contributed by atoms with van der Waals surface area (Å²) in [6, 6.07) is 8.03. The minimum Gasteiger partial charge on any atom is -0.481 e. The first kappa shape index (κ1) is 17.1. The Kier molecular flexibility index (Phi) is 5.50. The monoisotopic (exact) mass is 332 g/mol. The Labute approximate surface area is 139 Å². The van der Waals surface area contributed by atoms with E-state index in [9.17, 15) is 9.59 Å². The maximum atomic E-state index is 12.1. The largest absolute Gasteiger partial charge is 0.481 e. The van der Waals surface area contributed by atoms with Gasteiger partial charge < -0.3 is 10.4 Å². The molecule has 0 spiro atoms. The van der Waals surface area contributed by atoms with Gasteiger partial charge in [0.25, 0.3) is 0 Å². The average Bonchev–Trinajstić information content (AvgIpc) is 2.86. The summed E-state index contributed by atoms with van der Waals surface area (Å²) in [4.78, 5) is 28.3. The number of aryl methyl sites for hydroxylation is 2. The molecule has 0 saturated heterocycles. The number of carbonyl (C=O) groups is 2. The molecule has 0 aliphatic carbocycles. The van der Waals surface area contributed by atoms with Gasteiger partial charge in [-0.25, -0.2) is 4.98 Å². The highest BCUT2D eigenvalue weighted by Gasteiger charge is 2.16. The lowest BCUT2D eigenvalue weighted by Gasteiger charge is -2.08. The number of nitrogens with one attached hydrogen (secondary N) is 1. The van der Waals surface area contributed by atoms with Crippen molar-refractivity contribution in [2.24, 2.45) is 5.92 Å². The zero-order chi connectivity index (χ0) is 17.0. The number of amides is 1. The van der Waals surface area contributed by atoms with Gasteiger partial charge in [0.1, 0.15) is 0 Å². The standard InChI is InChI=1S/C17H20N2O3S/c1-10-4-6-13(7-5-10)16-14(23-12(3)19-16)8-15(20)18-9-11(2)17(21)22/h4-7,11H,8-9H2,1-3H3,(H,18,20)(H,21,22)/t11-/m0/s1. The van der Waals surface area contributed by atoms with Gasteiger partial charge in [-0.3, -0.25) is 9.59 Å². The molecule has 0 bridgehead atoms. The van der Waals surface area contributed by atoms with Crippen molar-refractivity contribution in [1.82, 2.24) is 10.3 Å². The highest BCUT2D eigenvalue weighted by atomic mass is 32.1. The number of carboxylic acid groups (broad SMARTS) is 1. The Hall–Kier alpha value is -2.21. The van der Waals surface area contributed by atoms with Crippen molar-refractivity contribution < 1.29 is 14.7 Å². The molecule has 0 saturated carbocycles. The van der Waals surface area contributed by atoms with Gasteiger partial charge in [-0.1, -0.05) is 36.8 Å². The number of carboxylic acids is 1. The van der Waals surface area contributed by atoms with Gasteiger partial charge in [0, 0.05) is 17.0 Å². The Morgan fingerprint density at radius 3 is 2.52 bits per heavy atom. The summed E-state index contributed by atoms with van der Waals surface area (Å²) in [7, 11) is 0. The fraction of sp³-hybridized carbons (Fsp3) is 0.353. The van der Waals surface area contributed by atoms with Crippen LogP contribution in [0.3, 0.4) is 0 Å². The van der Waals surface area contributed by atoms with Gasteiger partial charge >= 0.3 is 5.97 Å². The third-order valence-electron chi connectivity index (χ3n) is 3.48. The number of hydrogen-bond donors (Lipinski definition) is 2. The first-order chi connectivity index (χ1) is 10.9. The summed E-state index contributed by atoms with van der Waals surface area (Å²) in [5, 5.41) is 12.4. The van der Waals surface area contributed by atoms with Crippen LogP contribution in [0.5, 0.6) is 0 Å². The third kappa shape index (κ3) is 4.63. The number of benzene rings is 1. The SMILES string of the molecule is Cc1ccc(-c2nc(C)sc2CC(=O)NC[C@H](C)C(=O)O)cc1. The van der Waals surface area contributed by atoms with E-state index in [1.54, 1.807) is 6.92 Å². The van der Waals surface area contributed by atoms with Gasteiger partial charge in [-0.05, 0) is 13.8 Å². The van der Waals surface area contributed by atoms with Gasteiger partial charge in [0.2, 0.25) is 5.91 Å². The van der Waals surface area contributed by atoms with E-state index in [0.717, 1.165) is 21.1 Å². The second-order valence-corrected chi connectivity index (χ2v) is 6.88. The molecular weight excluding hydrogens is 312 g/mol. The van der Waals surface area contributed by atoms with Crippen LogP contribution in [-0.2, 0) is 16.0 Å².